The molecule has 0 radical (unpaired) electrons. The highest BCUT2D eigenvalue weighted by molar-refractivity contribution is 6.32. The molecule has 2 aromatic carbocycles. The van der Waals surface area contributed by atoms with E-state index in [4.69, 9.17) is 16.7 Å². The van der Waals surface area contributed by atoms with E-state index in [0.717, 1.165) is 56.8 Å². The van der Waals surface area contributed by atoms with E-state index in [9.17, 15) is 4.79 Å². The number of halogens is 1. The summed E-state index contributed by atoms with van der Waals surface area (Å²) in [5, 5.41) is 10.6. The van der Waals surface area contributed by atoms with Gasteiger partial charge in [0.2, 0.25) is 0 Å². The Hall–Kier alpha value is -3.63. The number of rotatable bonds is 6. The van der Waals surface area contributed by atoms with E-state index in [-0.39, 0.29) is 0 Å². The normalized spacial score (nSPS) is 12.3. The molecule has 154 valence electrons. The molecule has 31 heavy (non-hydrogen) atoms. The lowest BCUT2D eigenvalue weighted by Crippen LogP contribution is -1.97. The van der Waals surface area contributed by atoms with Crippen molar-refractivity contribution in [3.8, 4) is 0 Å². The first kappa shape index (κ1) is 20.6. The molecule has 2 aromatic heterocycles. The number of nitrogens with zero attached hydrogens (tertiary/aromatic N) is 1. The predicted molar refractivity (Wildman–Crippen MR) is 127 cm³/mol. The van der Waals surface area contributed by atoms with Gasteiger partial charge in [-0.25, -0.2) is 4.79 Å². The molecular formula is C26H21ClN2O2. The number of fused-ring (bicyclic) bond motifs is 1. The molecule has 0 aliphatic heterocycles. The maximum Gasteiger partial charge on any atom is 0.328 e. The molecular weight excluding hydrogens is 408 g/mol. The number of H-pyrrole nitrogens is 1. The minimum absolute atomic E-state index is 0.610. The molecule has 4 rings (SSSR count). The maximum absolute atomic E-state index is 10.8. The largest absolute Gasteiger partial charge is 0.478 e. The Morgan fingerprint density at radius 3 is 2.61 bits per heavy atom. The Balaban J connectivity index is 1.97. The fourth-order valence-electron chi connectivity index (χ4n) is 3.85. The summed E-state index contributed by atoms with van der Waals surface area (Å²) in [6.45, 7) is 2.12. The number of aromatic amines is 1. The SMILES string of the molecule is CC/C(=C(/c1ccc(C=CC(=O)O)cc1)c1cccc2[nH]ccc12)c1ccncc1Cl. The van der Waals surface area contributed by atoms with Crippen molar-refractivity contribution in [2.24, 2.45) is 0 Å². The van der Waals surface area contributed by atoms with Crippen LogP contribution < -0.4 is 0 Å². The van der Waals surface area contributed by atoms with Crippen molar-refractivity contribution in [2.75, 3.05) is 0 Å². The first-order valence-corrected chi connectivity index (χ1v) is 10.4. The second-order valence-electron chi connectivity index (χ2n) is 7.10. The van der Waals surface area contributed by atoms with Crippen molar-refractivity contribution in [1.29, 1.82) is 0 Å². The summed E-state index contributed by atoms with van der Waals surface area (Å²) in [5.74, 6) is -0.968. The van der Waals surface area contributed by atoms with Crippen molar-refractivity contribution in [1.82, 2.24) is 9.97 Å². The van der Waals surface area contributed by atoms with E-state index in [1.807, 2.05) is 42.6 Å². The van der Waals surface area contributed by atoms with Gasteiger partial charge in [0.15, 0.2) is 0 Å². The highest BCUT2D eigenvalue weighted by atomic mass is 35.5. The zero-order valence-corrected chi connectivity index (χ0v) is 17.7. The molecule has 2 heterocycles. The van der Waals surface area contributed by atoms with Crippen LogP contribution in [0.1, 0.15) is 35.6 Å². The number of benzene rings is 2. The fraction of sp³-hybridized carbons (Fsp3) is 0.0769. The number of carboxylic acids is 1. The zero-order valence-electron chi connectivity index (χ0n) is 17.0. The number of aliphatic carboxylic acids is 1. The molecule has 2 N–H and O–H groups in total. The molecule has 0 aliphatic carbocycles. The highest BCUT2D eigenvalue weighted by Crippen LogP contribution is 2.39. The number of aromatic nitrogens is 2. The van der Waals surface area contributed by atoms with Crippen LogP contribution in [-0.4, -0.2) is 21.0 Å². The zero-order chi connectivity index (χ0) is 21.8. The van der Waals surface area contributed by atoms with Gasteiger partial charge in [-0.3, -0.25) is 4.98 Å². The maximum atomic E-state index is 10.8. The Kier molecular flexibility index (Phi) is 6.01. The van der Waals surface area contributed by atoms with Crippen LogP contribution >= 0.6 is 11.6 Å². The van der Waals surface area contributed by atoms with Crippen molar-refractivity contribution in [3.05, 3.63) is 107 Å². The van der Waals surface area contributed by atoms with Crippen molar-refractivity contribution >= 4 is 45.7 Å². The predicted octanol–water partition coefficient (Wildman–Crippen LogP) is 6.68. The molecule has 0 fully saturated rings. The van der Waals surface area contributed by atoms with Crippen LogP contribution in [0.4, 0.5) is 0 Å². The Morgan fingerprint density at radius 2 is 1.90 bits per heavy atom. The third-order valence-corrected chi connectivity index (χ3v) is 5.54. The number of hydrogen-bond acceptors (Lipinski definition) is 2. The van der Waals surface area contributed by atoms with Gasteiger partial charge in [0.25, 0.3) is 0 Å². The Labute approximate surface area is 185 Å². The summed E-state index contributed by atoms with van der Waals surface area (Å²) in [5.41, 5.74) is 7.20. The molecule has 4 nitrogen and oxygen atoms in total. The smallest absolute Gasteiger partial charge is 0.328 e. The first-order chi connectivity index (χ1) is 15.1. The average molecular weight is 429 g/mol. The van der Waals surface area contributed by atoms with Gasteiger partial charge >= 0.3 is 5.97 Å². The van der Waals surface area contributed by atoms with Crippen LogP contribution in [0.2, 0.25) is 5.02 Å². The molecule has 4 aromatic rings. The van der Waals surface area contributed by atoms with Gasteiger partial charge in [-0.1, -0.05) is 54.9 Å². The quantitative estimate of drug-likeness (QED) is 0.336. The highest BCUT2D eigenvalue weighted by Gasteiger charge is 2.17. The van der Waals surface area contributed by atoms with E-state index >= 15 is 0 Å². The van der Waals surface area contributed by atoms with Crippen molar-refractivity contribution < 1.29 is 9.90 Å². The summed E-state index contributed by atoms with van der Waals surface area (Å²) in [4.78, 5) is 18.3. The van der Waals surface area contributed by atoms with Gasteiger partial charge in [0, 0.05) is 35.6 Å². The second-order valence-corrected chi connectivity index (χ2v) is 7.51. The number of carboxylic acid groups (broad SMARTS) is 1. The summed E-state index contributed by atoms with van der Waals surface area (Å²) in [7, 11) is 0. The molecule has 0 saturated carbocycles. The molecule has 0 spiro atoms. The van der Waals surface area contributed by atoms with E-state index < -0.39 is 5.97 Å². The Bertz CT molecular complexity index is 1300. The van der Waals surface area contributed by atoms with Gasteiger partial charge in [-0.15, -0.1) is 0 Å². The lowest BCUT2D eigenvalue weighted by molar-refractivity contribution is -0.131. The molecule has 0 aliphatic rings. The number of allylic oxidation sites excluding steroid dienone is 1. The van der Waals surface area contributed by atoms with Gasteiger partial charge in [-0.2, -0.15) is 0 Å². The third-order valence-electron chi connectivity index (χ3n) is 5.23. The molecule has 5 heteroatoms. The minimum Gasteiger partial charge on any atom is -0.478 e. The summed E-state index contributed by atoms with van der Waals surface area (Å²) in [6, 6.07) is 18.1. The fourth-order valence-corrected chi connectivity index (χ4v) is 4.08. The minimum atomic E-state index is -0.968. The lowest BCUT2D eigenvalue weighted by atomic mass is 9.87. The topological polar surface area (TPSA) is 66.0 Å². The van der Waals surface area contributed by atoms with Crippen LogP contribution in [0, 0.1) is 0 Å². The van der Waals surface area contributed by atoms with E-state index in [1.165, 1.54) is 0 Å². The van der Waals surface area contributed by atoms with E-state index in [2.05, 4.69) is 35.1 Å². The van der Waals surface area contributed by atoms with Crippen LogP contribution in [0.5, 0.6) is 0 Å². The summed E-state index contributed by atoms with van der Waals surface area (Å²) in [6.07, 6.45) is 8.87. The van der Waals surface area contributed by atoms with E-state index in [1.54, 1.807) is 18.5 Å². The molecule has 0 atom stereocenters. The van der Waals surface area contributed by atoms with Crippen LogP contribution in [0.25, 0.3) is 28.1 Å². The van der Waals surface area contributed by atoms with Gasteiger partial charge in [-0.05, 0) is 64.1 Å². The molecule has 0 amide bonds. The van der Waals surface area contributed by atoms with E-state index in [0.29, 0.717) is 5.02 Å². The standard InChI is InChI=1S/C26H21ClN2O2/c1-2-19(20-12-14-28-16-23(20)27)26(22-4-3-5-24-21(22)13-15-29-24)18-9-6-17(7-10-18)8-11-25(30)31/h3-16,29H,2H2,1H3,(H,30,31)/b11-8?,26-19+. The summed E-state index contributed by atoms with van der Waals surface area (Å²) >= 11 is 6.54. The molecule has 0 bridgehead atoms. The van der Waals surface area contributed by atoms with Crippen LogP contribution in [0.15, 0.2) is 79.3 Å². The number of nitrogens with one attached hydrogen (secondary N) is 1. The third kappa shape index (κ3) is 4.30. The second kappa shape index (κ2) is 9.02. The van der Waals surface area contributed by atoms with Crippen molar-refractivity contribution in [2.45, 2.75) is 13.3 Å². The number of carbonyl (C=O) groups is 1. The number of hydrogen-bond donors (Lipinski definition) is 2. The number of pyridine rings is 1. The first-order valence-electron chi connectivity index (χ1n) is 9.99. The average Bonchev–Trinajstić information content (AvgIpc) is 3.26. The Morgan fingerprint density at radius 1 is 1.10 bits per heavy atom. The molecule has 0 unspecified atom stereocenters. The lowest BCUT2D eigenvalue weighted by Gasteiger charge is -2.18. The summed E-state index contributed by atoms with van der Waals surface area (Å²) < 4.78 is 0. The van der Waals surface area contributed by atoms with Gasteiger partial charge < -0.3 is 10.1 Å². The van der Waals surface area contributed by atoms with Gasteiger partial charge in [0.05, 0.1) is 5.02 Å². The molecule has 0 saturated heterocycles. The monoisotopic (exact) mass is 428 g/mol. The van der Waals surface area contributed by atoms with Crippen LogP contribution in [0.3, 0.4) is 0 Å². The van der Waals surface area contributed by atoms with Crippen LogP contribution in [-0.2, 0) is 4.79 Å². The van der Waals surface area contributed by atoms with Crippen molar-refractivity contribution in [3.63, 3.8) is 0 Å². The van der Waals surface area contributed by atoms with Gasteiger partial charge in [0.1, 0.15) is 0 Å².